The van der Waals surface area contributed by atoms with Crippen molar-refractivity contribution in [2.75, 3.05) is 0 Å². The molecule has 0 aliphatic heterocycles. The summed E-state index contributed by atoms with van der Waals surface area (Å²) in [6.07, 6.45) is 3.03. The molecule has 2 aromatic carbocycles. The Labute approximate surface area is 254 Å². The molecular formula is C38H56O4. The molecule has 4 N–H and O–H groups in total. The van der Waals surface area contributed by atoms with E-state index in [-0.39, 0.29) is 45.3 Å². The molecular weight excluding hydrogens is 520 g/mol. The van der Waals surface area contributed by atoms with Crippen LogP contribution in [0.5, 0.6) is 11.5 Å². The second kappa shape index (κ2) is 9.24. The van der Waals surface area contributed by atoms with Crippen molar-refractivity contribution >= 4 is 0 Å². The molecule has 6 rings (SSSR count). The van der Waals surface area contributed by atoms with Gasteiger partial charge in [0.05, 0.1) is 11.2 Å². The lowest BCUT2D eigenvalue weighted by molar-refractivity contribution is -0.256. The predicted molar refractivity (Wildman–Crippen MR) is 171 cm³/mol. The lowest BCUT2D eigenvalue weighted by Crippen LogP contribution is -2.64. The van der Waals surface area contributed by atoms with Crippen molar-refractivity contribution in [1.29, 1.82) is 0 Å². The van der Waals surface area contributed by atoms with E-state index in [4.69, 9.17) is 0 Å². The van der Waals surface area contributed by atoms with Crippen molar-refractivity contribution < 1.29 is 20.4 Å². The fourth-order valence-corrected chi connectivity index (χ4v) is 8.82. The molecule has 4 heteroatoms. The van der Waals surface area contributed by atoms with E-state index >= 15 is 0 Å². The first-order valence-electron chi connectivity index (χ1n) is 16.1. The van der Waals surface area contributed by atoms with Crippen LogP contribution in [0.1, 0.15) is 142 Å². The minimum absolute atomic E-state index is 0.0479. The molecule has 4 nitrogen and oxygen atoms in total. The van der Waals surface area contributed by atoms with Crippen LogP contribution in [0.2, 0.25) is 0 Å². The molecule has 2 aromatic rings. The molecule has 0 unspecified atom stereocenters. The topological polar surface area (TPSA) is 80.9 Å². The molecule has 0 heterocycles. The Kier molecular flexibility index (Phi) is 6.90. The molecule has 0 spiro atoms. The van der Waals surface area contributed by atoms with Crippen LogP contribution < -0.4 is 0 Å². The predicted octanol–water partition coefficient (Wildman–Crippen LogP) is 8.43. The quantitative estimate of drug-likeness (QED) is 0.289. The molecule has 4 aliphatic carbocycles. The summed E-state index contributed by atoms with van der Waals surface area (Å²) in [5.74, 6) is 0.881. The van der Waals surface area contributed by atoms with Gasteiger partial charge < -0.3 is 20.4 Å². The van der Waals surface area contributed by atoms with Gasteiger partial charge in [-0.2, -0.15) is 0 Å². The summed E-state index contributed by atoms with van der Waals surface area (Å²) in [5.41, 5.74) is 2.38. The third kappa shape index (κ3) is 4.62. The smallest absolute Gasteiger partial charge is 0.123 e. The molecule has 0 amide bonds. The zero-order valence-electron chi connectivity index (χ0n) is 28.2. The number of hydrogen-bond donors (Lipinski definition) is 4. The van der Waals surface area contributed by atoms with E-state index in [1.54, 1.807) is 0 Å². The van der Waals surface area contributed by atoms with E-state index in [1.807, 2.05) is 0 Å². The fourth-order valence-electron chi connectivity index (χ4n) is 8.82. The van der Waals surface area contributed by atoms with Crippen molar-refractivity contribution in [1.82, 2.24) is 0 Å². The van der Waals surface area contributed by atoms with Gasteiger partial charge in [-0.3, -0.25) is 0 Å². The molecule has 4 bridgehead atoms. The van der Waals surface area contributed by atoms with Crippen molar-refractivity contribution in [3.63, 3.8) is 0 Å². The second-order valence-electron chi connectivity index (χ2n) is 18.2. The summed E-state index contributed by atoms with van der Waals surface area (Å²) in [5, 5.41) is 48.1. The number of aromatic hydroxyl groups is 2. The Morgan fingerprint density at radius 3 is 0.810 bits per heavy atom. The number of hydrogen-bond acceptors (Lipinski definition) is 4. The van der Waals surface area contributed by atoms with Gasteiger partial charge in [-0.25, -0.2) is 0 Å². The number of aliphatic hydroxyl groups is 2. The maximum atomic E-state index is 12.7. The van der Waals surface area contributed by atoms with Crippen LogP contribution in [0.4, 0.5) is 0 Å². The van der Waals surface area contributed by atoms with Crippen LogP contribution in [0, 0.1) is 23.7 Å². The minimum atomic E-state index is -0.982. The van der Waals surface area contributed by atoms with Crippen molar-refractivity contribution in [2.24, 2.45) is 23.7 Å². The van der Waals surface area contributed by atoms with E-state index in [9.17, 15) is 20.4 Å². The molecule has 232 valence electrons. The first-order chi connectivity index (χ1) is 18.9. The zero-order chi connectivity index (χ0) is 31.6. The van der Waals surface area contributed by atoms with Crippen LogP contribution in [0.15, 0.2) is 24.3 Å². The number of phenols is 2. The number of rotatable bonds is 2. The molecule has 4 fully saturated rings. The SMILES string of the molecule is CC(C)(C)c1cc(C2(O)C3CC4CC2CC(C3)C4(O)c2cc(C(C)(C)C)c(O)c(C(C)(C)C)c2)cc(C(C)(C)C)c1O. The van der Waals surface area contributed by atoms with Gasteiger partial charge in [0.15, 0.2) is 0 Å². The first-order valence-corrected chi connectivity index (χ1v) is 16.1. The van der Waals surface area contributed by atoms with Gasteiger partial charge >= 0.3 is 0 Å². The molecule has 4 aliphatic rings. The van der Waals surface area contributed by atoms with Gasteiger partial charge in [0.1, 0.15) is 11.5 Å². The van der Waals surface area contributed by atoms with Crippen LogP contribution >= 0.6 is 0 Å². The van der Waals surface area contributed by atoms with E-state index in [1.165, 1.54) is 0 Å². The highest BCUT2D eigenvalue weighted by atomic mass is 16.3. The van der Waals surface area contributed by atoms with E-state index in [2.05, 4.69) is 107 Å². The van der Waals surface area contributed by atoms with Crippen molar-refractivity contribution in [2.45, 2.75) is 142 Å². The number of benzene rings is 2. The molecule has 4 saturated carbocycles. The highest BCUT2D eigenvalue weighted by molar-refractivity contribution is 5.54. The molecule has 0 aromatic heterocycles. The lowest BCUT2D eigenvalue weighted by Gasteiger charge is -2.65. The molecule has 0 radical (unpaired) electrons. The maximum Gasteiger partial charge on any atom is 0.123 e. The van der Waals surface area contributed by atoms with Crippen LogP contribution in [0.25, 0.3) is 0 Å². The van der Waals surface area contributed by atoms with E-state index < -0.39 is 11.2 Å². The normalized spacial score (nSPS) is 31.6. The lowest BCUT2D eigenvalue weighted by atomic mass is 9.43. The summed E-state index contributed by atoms with van der Waals surface area (Å²) in [6.45, 7) is 25.4. The third-order valence-electron chi connectivity index (χ3n) is 11.1. The summed E-state index contributed by atoms with van der Waals surface area (Å²) < 4.78 is 0. The minimum Gasteiger partial charge on any atom is -0.507 e. The van der Waals surface area contributed by atoms with Crippen molar-refractivity contribution in [3.8, 4) is 11.5 Å². The average molecular weight is 577 g/mol. The van der Waals surface area contributed by atoms with Gasteiger partial charge in [0.2, 0.25) is 0 Å². The molecule has 0 atom stereocenters. The zero-order valence-corrected chi connectivity index (χ0v) is 28.2. The largest absolute Gasteiger partial charge is 0.507 e. The van der Waals surface area contributed by atoms with Gasteiger partial charge in [-0.05, 0) is 129 Å². The summed E-state index contributed by atoms with van der Waals surface area (Å²) >= 11 is 0. The molecule has 0 saturated heterocycles. The van der Waals surface area contributed by atoms with Gasteiger partial charge in [0.25, 0.3) is 0 Å². The van der Waals surface area contributed by atoms with Gasteiger partial charge in [-0.1, -0.05) is 83.1 Å². The second-order valence-corrected chi connectivity index (χ2v) is 18.2. The Balaban J connectivity index is 1.60. The standard InChI is InChI=1S/C38H56O4/c1-33(2,3)27-17-25(18-28(31(27)39)34(4,5)6)37(41)21-13-23-15-22(37)16-24(14-21)38(23,42)26-19-29(35(7,8)9)32(40)30(20-26)36(10,11)12/h17-24,39-42H,13-16H2,1-12H3. The van der Waals surface area contributed by atoms with Gasteiger partial charge in [0, 0.05) is 0 Å². The third-order valence-corrected chi connectivity index (χ3v) is 11.1. The Morgan fingerprint density at radius 2 is 0.643 bits per heavy atom. The monoisotopic (exact) mass is 576 g/mol. The fraction of sp³-hybridized carbons (Fsp3) is 0.684. The van der Waals surface area contributed by atoms with Crippen LogP contribution in [-0.2, 0) is 32.9 Å². The Morgan fingerprint density at radius 1 is 0.452 bits per heavy atom. The van der Waals surface area contributed by atoms with Gasteiger partial charge in [-0.15, -0.1) is 0 Å². The molecule has 42 heavy (non-hydrogen) atoms. The van der Waals surface area contributed by atoms with E-state index in [0.717, 1.165) is 59.1 Å². The Hall–Kier alpha value is -2.04. The highest BCUT2D eigenvalue weighted by Crippen LogP contribution is 2.68. The highest BCUT2D eigenvalue weighted by Gasteiger charge is 2.66. The van der Waals surface area contributed by atoms with Crippen molar-refractivity contribution in [3.05, 3.63) is 57.6 Å². The first kappa shape index (κ1) is 31.4. The summed E-state index contributed by atoms with van der Waals surface area (Å²) in [7, 11) is 0. The Bertz CT molecular complexity index is 1180. The number of phenolic OH excluding ortho intramolecular Hbond substituents is 2. The van der Waals surface area contributed by atoms with Crippen LogP contribution in [0.3, 0.4) is 0 Å². The summed E-state index contributed by atoms with van der Waals surface area (Å²) in [6, 6.07) is 8.29. The van der Waals surface area contributed by atoms with Crippen LogP contribution in [-0.4, -0.2) is 20.4 Å². The summed E-state index contributed by atoms with van der Waals surface area (Å²) in [4.78, 5) is 0. The maximum absolute atomic E-state index is 12.7. The van der Waals surface area contributed by atoms with E-state index in [0.29, 0.717) is 11.5 Å². The average Bonchev–Trinajstić information content (AvgIpc) is 2.80.